The minimum atomic E-state index is -0.172. The van der Waals surface area contributed by atoms with Gasteiger partial charge in [0, 0.05) is 12.1 Å². The third-order valence-corrected chi connectivity index (χ3v) is 5.21. The maximum atomic E-state index is 13.2. The Morgan fingerprint density at radius 2 is 1.74 bits per heavy atom. The quantitative estimate of drug-likeness (QED) is 0.776. The lowest BCUT2D eigenvalue weighted by Crippen LogP contribution is -2.26. The zero-order valence-electron chi connectivity index (χ0n) is 15.8. The van der Waals surface area contributed by atoms with Gasteiger partial charge in [-0.25, -0.2) is 0 Å². The van der Waals surface area contributed by atoms with Crippen LogP contribution in [-0.2, 0) is 13.1 Å². The lowest BCUT2D eigenvalue weighted by atomic mass is 10.0. The van der Waals surface area contributed by atoms with E-state index in [-0.39, 0.29) is 11.5 Å². The van der Waals surface area contributed by atoms with E-state index in [0.717, 1.165) is 27.9 Å². The van der Waals surface area contributed by atoms with Crippen LogP contribution in [0.1, 0.15) is 38.2 Å². The van der Waals surface area contributed by atoms with Crippen LogP contribution in [0.25, 0.3) is 11.3 Å². The standard InChI is InChI=1S/C23H22N2O2/c1-14-5-4-6-17(10-14)21-11-19-20(12-24-22(19)26)23(27)25(21)13-18-8-7-15(2)9-16(18)3/h4-11H,12-13H2,1-3H3,(H,24,26). The number of pyridine rings is 1. The predicted octanol–water partition coefficient (Wildman–Crippen LogP) is 3.73. The van der Waals surface area contributed by atoms with Crippen molar-refractivity contribution in [2.75, 3.05) is 0 Å². The summed E-state index contributed by atoms with van der Waals surface area (Å²) in [4.78, 5) is 25.4. The van der Waals surface area contributed by atoms with Crippen LogP contribution >= 0.6 is 0 Å². The molecule has 1 aromatic heterocycles. The zero-order valence-corrected chi connectivity index (χ0v) is 15.8. The molecule has 4 rings (SSSR count). The van der Waals surface area contributed by atoms with Crippen molar-refractivity contribution in [3.05, 3.63) is 92.3 Å². The highest BCUT2D eigenvalue weighted by Gasteiger charge is 2.25. The topological polar surface area (TPSA) is 51.1 Å². The molecule has 0 saturated heterocycles. The summed E-state index contributed by atoms with van der Waals surface area (Å²) >= 11 is 0. The molecule has 0 spiro atoms. The van der Waals surface area contributed by atoms with Gasteiger partial charge < -0.3 is 9.88 Å². The molecule has 0 fully saturated rings. The highest BCUT2D eigenvalue weighted by molar-refractivity contribution is 5.99. The van der Waals surface area contributed by atoms with E-state index in [1.165, 1.54) is 5.56 Å². The normalized spacial score (nSPS) is 12.8. The molecule has 0 unspecified atom stereocenters. The van der Waals surface area contributed by atoms with E-state index >= 15 is 0 Å². The first-order valence-corrected chi connectivity index (χ1v) is 9.12. The summed E-state index contributed by atoms with van der Waals surface area (Å²) in [6, 6.07) is 16.2. The smallest absolute Gasteiger partial charge is 0.257 e. The molecule has 1 aliphatic heterocycles. The number of carbonyl (C=O) groups excluding carboxylic acids is 1. The number of aromatic nitrogens is 1. The van der Waals surface area contributed by atoms with Crippen LogP contribution < -0.4 is 10.9 Å². The highest BCUT2D eigenvalue weighted by Crippen LogP contribution is 2.25. The first-order valence-electron chi connectivity index (χ1n) is 9.12. The van der Waals surface area contributed by atoms with Gasteiger partial charge in [-0.2, -0.15) is 0 Å². The molecule has 4 nitrogen and oxygen atoms in total. The summed E-state index contributed by atoms with van der Waals surface area (Å²) in [5, 5.41) is 2.77. The molecule has 1 aliphatic rings. The fourth-order valence-corrected chi connectivity index (χ4v) is 3.72. The summed E-state index contributed by atoms with van der Waals surface area (Å²) in [7, 11) is 0. The number of amides is 1. The molecular weight excluding hydrogens is 336 g/mol. The Labute approximate surface area is 158 Å². The van der Waals surface area contributed by atoms with Crippen molar-refractivity contribution in [2.24, 2.45) is 0 Å². The van der Waals surface area contributed by atoms with Crippen LogP contribution in [0, 0.1) is 20.8 Å². The van der Waals surface area contributed by atoms with Crippen molar-refractivity contribution in [3.63, 3.8) is 0 Å². The van der Waals surface area contributed by atoms with Crippen LogP contribution in [0.2, 0.25) is 0 Å². The monoisotopic (exact) mass is 358 g/mol. The fourth-order valence-electron chi connectivity index (χ4n) is 3.72. The largest absolute Gasteiger partial charge is 0.348 e. The molecule has 2 aromatic carbocycles. The number of aryl methyl sites for hydroxylation is 3. The fraction of sp³-hybridized carbons (Fsp3) is 0.217. The SMILES string of the molecule is Cc1cccc(-c2cc3c(c(=O)n2Cc2ccc(C)cc2C)CNC3=O)c1. The third-order valence-electron chi connectivity index (χ3n) is 5.21. The maximum absolute atomic E-state index is 13.2. The van der Waals surface area contributed by atoms with E-state index in [1.807, 2.05) is 37.3 Å². The Hall–Kier alpha value is -3.14. The number of rotatable bonds is 3. The lowest BCUT2D eigenvalue weighted by molar-refractivity contribution is 0.0965. The van der Waals surface area contributed by atoms with Crippen molar-refractivity contribution >= 4 is 5.91 Å². The number of hydrogen-bond donors (Lipinski definition) is 1. The zero-order chi connectivity index (χ0) is 19.1. The molecule has 2 heterocycles. The van der Waals surface area contributed by atoms with Gasteiger partial charge in [-0.1, -0.05) is 47.5 Å². The number of fused-ring (bicyclic) bond motifs is 1. The number of benzene rings is 2. The van der Waals surface area contributed by atoms with Gasteiger partial charge in [-0.15, -0.1) is 0 Å². The van der Waals surface area contributed by atoms with Crippen molar-refractivity contribution < 1.29 is 4.79 Å². The second-order valence-electron chi connectivity index (χ2n) is 7.30. The number of nitrogens with one attached hydrogen (secondary N) is 1. The minimum Gasteiger partial charge on any atom is -0.348 e. The lowest BCUT2D eigenvalue weighted by Gasteiger charge is -2.17. The Kier molecular flexibility index (Phi) is 4.19. The van der Waals surface area contributed by atoms with E-state index in [1.54, 1.807) is 4.57 Å². The minimum absolute atomic E-state index is 0.0951. The van der Waals surface area contributed by atoms with Gasteiger partial charge in [-0.3, -0.25) is 9.59 Å². The molecule has 0 bridgehead atoms. The van der Waals surface area contributed by atoms with Crippen molar-refractivity contribution in [3.8, 4) is 11.3 Å². The van der Waals surface area contributed by atoms with Gasteiger partial charge in [-0.05, 0) is 49.6 Å². The Bertz CT molecular complexity index is 1130. The Morgan fingerprint density at radius 1 is 0.963 bits per heavy atom. The van der Waals surface area contributed by atoms with Crippen LogP contribution in [0.5, 0.6) is 0 Å². The third kappa shape index (κ3) is 3.08. The summed E-state index contributed by atoms with van der Waals surface area (Å²) in [5.74, 6) is -0.172. The second-order valence-corrected chi connectivity index (χ2v) is 7.30. The molecule has 0 saturated carbocycles. The van der Waals surface area contributed by atoms with E-state index < -0.39 is 0 Å². The van der Waals surface area contributed by atoms with E-state index in [2.05, 4.69) is 37.4 Å². The summed E-state index contributed by atoms with van der Waals surface area (Å²) in [6.07, 6.45) is 0. The predicted molar refractivity (Wildman–Crippen MR) is 107 cm³/mol. The molecule has 4 heteroatoms. The van der Waals surface area contributed by atoms with Gasteiger partial charge in [0.2, 0.25) is 0 Å². The van der Waals surface area contributed by atoms with Crippen LogP contribution in [0.15, 0.2) is 53.3 Å². The van der Waals surface area contributed by atoms with Crippen molar-refractivity contribution in [2.45, 2.75) is 33.9 Å². The Morgan fingerprint density at radius 3 is 2.48 bits per heavy atom. The number of carbonyl (C=O) groups is 1. The molecular formula is C23H22N2O2. The van der Waals surface area contributed by atoms with E-state index in [4.69, 9.17) is 0 Å². The van der Waals surface area contributed by atoms with Gasteiger partial charge in [0.05, 0.1) is 17.8 Å². The molecule has 0 aliphatic carbocycles. The van der Waals surface area contributed by atoms with Crippen molar-refractivity contribution in [1.29, 1.82) is 0 Å². The average Bonchev–Trinajstić information content (AvgIpc) is 3.00. The average molecular weight is 358 g/mol. The second kappa shape index (κ2) is 6.54. The molecule has 0 radical (unpaired) electrons. The van der Waals surface area contributed by atoms with Crippen LogP contribution in [0.3, 0.4) is 0 Å². The van der Waals surface area contributed by atoms with Crippen LogP contribution in [0.4, 0.5) is 0 Å². The van der Waals surface area contributed by atoms with Crippen molar-refractivity contribution in [1.82, 2.24) is 9.88 Å². The summed E-state index contributed by atoms with van der Waals surface area (Å²) in [6.45, 7) is 6.94. The van der Waals surface area contributed by atoms with Gasteiger partial charge in [0.25, 0.3) is 11.5 Å². The van der Waals surface area contributed by atoms with E-state index in [0.29, 0.717) is 24.2 Å². The van der Waals surface area contributed by atoms with Gasteiger partial charge in [0.15, 0.2) is 0 Å². The van der Waals surface area contributed by atoms with Gasteiger partial charge in [0.1, 0.15) is 0 Å². The first kappa shape index (κ1) is 17.3. The number of hydrogen-bond acceptors (Lipinski definition) is 2. The van der Waals surface area contributed by atoms with Gasteiger partial charge >= 0.3 is 0 Å². The molecule has 27 heavy (non-hydrogen) atoms. The first-order chi connectivity index (χ1) is 12.9. The summed E-state index contributed by atoms with van der Waals surface area (Å²) < 4.78 is 1.80. The number of nitrogens with zero attached hydrogens (tertiary/aromatic N) is 1. The van der Waals surface area contributed by atoms with E-state index in [9.17, 15) is 9.59 Å². The highest BCUT2D eigenvalue weighted by atomic mass is 16.2. The molecule has 1 N–H and O–H groups in total. The molecule has 3 aromatic rings. The molecule has 0 atom stereocenters. The van der Waals surface area contributed by atoms with Crippen LogP contribution in [-0.4, -0.2) is 10.5 Å². The molecule has 1 amide bonds. The Balaban J connectivity index is 1.94. The summed E-state index contributed by atoms with van der Waals surface area (Å²) in [5.41, 5.74) is 7.26. The molecule has 136 valence electrons. The maximum Gasteiger partial charge on any atom is 0.257 e.